The molecule has 2 rings (SSSR count). The minimum Gasteiger partial charge on any atom is -0.369 e. The van der Waals surface area contributed by atoms with Crippen LogP contribution < -0.4 is 10.6 Å². The summed E-state index contributed by atoms with van der Waals surface area (Å²) in [5.41, 5.74) is 0. The Bertz CT molecular complexity index is 719. The van der Waals surface area contributed by atoms with E-state index in [-0.39, 0.29) is 11.8 Å². The summed E-state index contributed by atoms with van der Waals surface area (Å²) in [6.45, 7) is 5.52. The van der Waals surface area contributed by atoms with Crippen LogP contribution in [0.2, 0.25) is 0 Å². The number of unbranched alkanes of at least 4 members (excludes halogenated alkanes) is 14. The highest BCUT2D eigenvalue weighted by atomic mass is 16.6. The molecule has 44 heavy (non-hydrogen) atoms. The van der Waals surface area contributed by atoms with Gasteiger partial charge in [0.25, 0.3) is 0 Å². The Balaban J connectivity index is 1.25. The first kappa shape index (κ1) is 38.5. The van der Waals surface area contributed by atoms with Crippen LogP contribution in [0, 0.1) is 0 Å². The first-order valence-electron chi connectivity index (χ1n) is 18.8. The predicted octanol–water partition coefficient (Wildman–Crippen LogP) is 9.27. The molecular weight excluding hydrogens is 548 g/mol. The molecule has 4 atom stereocenters. The number of nitrogens with one attached hydrogen (secondary N) is 2. The zero-order valence-corrected chi connectivity index (χ0v) is 28.6. The van der Waals surface area contributed by atoms with Crippen LogP contribution in [0.3, 0.4) is 0 Å². The molecule has 0 bridgehead atoms. The first-order valence-corrected chi connectivity index (χ1v) is 18.8. The second-order valence-electron chi connectivity index (χ2n) is 13.1. The normalized spacial score (nSPS) is 20.9. The maximum Gasteiger partial charge on any atom is 0.220 e. The van der Waals surface area contributed by atoms with Crippen LogP contribution in [0.1, 0.15) is 168 Å². The molecule has 2 aliphatic rings. The number of hydrogen-bond donors (Lipinski definition) is 2. The zero-order chi connectivity index (χ0) is 31.5. The lowest BCUT2D eigenvalue weighted by Gasteiger charge is -2.07. The van der Waals surface area contributed by atoms with Crippen molar-refractivity contribution in [1.29, 1.82) is 0 Å². The molecule has 6 heteroatoms. The minimum absolute atomic E-state index is 0.0970. The van der Waals surface area contributed by atoms with Gasteiger partial charge in [0, 0.05) is 25.9 Å². The van der Waals surface area contributed by atoms with Gasteiger partial charge in [-0.2, -0.15) is 0 Å². The maximum absolute atomic E-state index is 12.0. The summed E-state index contributed by atoms with van der Waals surface area (Å²) in [5.74, 6) is 0.194. The quantitative estimate of drug-likeness (QED) is 0.0462. The van der Waals surface area contributed by atoms with Crippen LogP contribution in [0.4, 0.5) is 0 Å². The summed E-state index contributed by atoms with van der Waals surface area (Å²) in [7, 11) is 0. The van der Waals surface area contributed by atoms with Crippen LogP contribution in [0.5, 0.6) is 0 Å². The molecular formula is C38H68N2O4. The monoisotopic (exact) mass is 617 g/mol. The molecule has 0 spiro atoms. The zero-order valence-electron chi connectivity index (χ0n) is 28.6. The summed E-state index contributed by atoms with van der Waals surface area (Å²) in [5, 5.41) is 5.87. The van der Waals surface area contributed by atoms with Gasteiger partial charge in [0.15, 0.2) is 0 Å². The molecule has 2 amide bonds. The van der Waals surface area contributed by atoms with E-state index in [2.05, 4.69) is 48.8 Å². The Kier molecular flexibility index (Phi) is 23.2. The second kappa shape index (κ2) is 26.5. The Morgan fingerprint density at radius 3 is 1.34 bits per heavy atom. The van der Waals surface area contributed by atoms with Gasteiger partial charge in [-0.05, 0) is 64.2 Å². The summed E-state index contributed by atoms with van der Waals surface area (Å²) >= 11 is 0. The summed E-state index contributed by atoms with van der Waals surface area (Å²) in [4.78, 5) is 24.1. The summed E-state index contributed by atoms with van der Waals surface area (Å²) in [6, 6.07) is 0. The van der Waals surface area contributed by atoms with Crippen LogP contribution in [-0.4, -0.2) is 49.3 Å². The smallest absolute Gasteiger partial charge is 0.220 e. The Morgan fingerprint density at radius 1 is 0.500 bits per heavy atom. The number of hydrogen-bond acceptors (Lipinski definition) is 4. The molecule has 4 unspecified atom stereocenters. The van der Waals surface area contributed by atoms with Crippen molar-refractivity contribution in [2.45, 2.75) is 192 Å². The van der Waals surface area contributed by atoms with Gasteiger partial charge >= 0.3 is 0 Å². The van der Waals surface area contributed by atoms with Gasteiger partial charge in [0.1, 0.15) is 0 Å². The van der Waals surface area contributed by atoms with Crippen molar-refractivity contribution < 1.29 is 19.1 Å². The summed E-state index contributed by atoms with van der Waals surface area (Å²) < 4.78 is 11.5. The van der Waals surface area contributed by atoms with Crippen LogP contribution >= 0.6 is 0 Å². The van der Waals surface area contributed by atoms with E-state index in [9.17, 15) is 9.59 Å². The van der Waals surface area contributed by atoms with E-state index in [0.29, 0.717) is 50.3 Å². The fourth-order valence-electron chi connectivity index (χ4n) is 5.91. The third-order valence-electron chi connectivity index (χ3n) is 8.95. The third kappa shape index (κ3) is 21.9. The highest BCUT2D eigenvalue weighted by molar-refractivity contribution is 5.77. The van der Waals surface area contributed by atoms with Crippen molar-refractivity contribution in [1.82, 2.24) is 10.6 Å². The average molecular weight is 617 g/mol. The van der Waals surface area contributed by atoms with Gasteiger partial charge in [-0.1, -0.05) is 115 Å². The fourth-order valence-corrected chi connectivity index (χ4v) is 5.91. The Hall–Kier alpha value is -1.66. The maximum atomic E-state index is 12.0. The number of carbonyl (C=O) groups is 2. The molecule has 6 nitrogen and oxygen atoms in total. The molecule has 0 saturated carbocycles. The molecule has 2 aliphatic heterocycles. The highest BCUT2D eigenvalue weighted by Crippen LogP contribution is 2.31. The van der Waals surface area contributed by atoms with Gasteiger partial charge in [0.05, 0.1) is 24.4 Å². The van der Waals surface area contributed by atoms with Gasteiger partial charge in [0.2, 0.25) is 11.8 Å². The average Bonchev–Trinajstić information content (AvgIpc) is 3.95. The number of epoxide rings is 2. The topological polar surface area (TPSA) is 83.3 Å². The number of carbonyl (C=O) groups excluding carboxylic acids is 2. The Labute approximate surface area is 271 Å². The van der Waals surface area contributed by atoms with Crippen molar-refractivity contribution in [2.24, 2.45) is 0 Å². The minimum atomic E-state index is 0.0970. The molecule has 2 N–H and O–H groups in total. The fraction of sp³-hybridized carbons (Fsp3) is 0.842. The number of allylic oxidation sites excluding steroid dienone is 2. The van der Waals surface area contributed by atoms with Crippen LogP contribution in [0.15, 0.2) is 24.3 Å². The molecule has 0 aromatic carbocycles. The largest absolute Gasteiger partial charge is 0.369 e. The van der Waals surface area contributed by atoms with E-state index in [1.165, 1.54) is 89.9 Å². The van der Waals surface area contributed by atoms with Crippen molar-refractivity contribution >= 4 is 11.8 Å². The van der Waals surface area contributed by atoms with E-state index in [0.717, 1.165) is 51.4 Å². The number of amides is 2. The lowest BCUT2D eigenvalue weighted by Crippen LogP contribution is -2.34. The van der Waals surface area contributed by atoms with Gasteiger partial charge in [-0.3, -0.25) is 9.59 Å². The third-order valence-corrected chi connectivity index (χ3v) is 8.95. The predicted molar refractivity (Wildman–Crippen MR) is 184 cm³/mol. The molecule has 2 fully saturated rings. The van der Waals surface area contributed by atoms with Crippen molar-refractivity contribution in [3.05, 3.63) is 24.3 Å². The molecule has 0 aromatic rings. The summed E-state index contributed by atoms with van der Waals surface area (Å²) in [6.07, 6.45) is 38.5. The van der Waals surface area contributed by atoms with E-state index in [1.807, 2.05) is 0 Å². The van der Waals surface area contributed by atoms with Crippen molar-refractivity contribution in [3.8, 4) is 0 Å². The highest BCUT2D eigenvalue weighted by Gasteiger charge is 2.37. The van der Waals surface area contributed by atoms with Gasteiger partial charge < -0.3 is 20.1 Å². The standard InChI is InChI=1S/C38H68N2O4/c1-3-5-19-25-33-35(43-33)27-21-15-11-7-9-13-17-23-29-37(41)39-31-32-40-38(42)30-24-18-14-10-8-12-16-22-28-36-34(44-36)26-20-6-4-2/h15-16,21-22,33-36H,3-14,17-20,23-32H2,1-2H3,(H,39,41)(H,40,42). The van der Waals surface area contributed by atoms with Gasteiger partial charge in [-0.25, -0.2) is 0 Å². The lowest BCUT2D eigenvalue weighted by molar-refractivity contribution is -0.123. The lowest BCUT2D eigenvalue weighted by atomic mass is 10.1. The van der Waals surface area contributed by atoms with E-state index in [4.69, 9.17) is 9.47 Å². The number of ether oxygens (including phenoxy) is 2. The van der Waals surface area contributed by atoms with E-state index in [1.54, 1.807) is 0 Å². The molecule has 0 aromatic heterocycles. The molecule has 0 aliphatic carbocycles. The van der Waals surface area contributed by atoms with Gasteiger partial charge in [-0.15, -0.1) is 0 Å². The van der Waals surface area contributed by atoms with Crippen LogP contribution in [-0.2, 0) is 19.1 Å². The molecule has 2 saturated heterocycles. The Morgan fingerprint density at radius 2 is 0.909 bits per heavy atom. The second-order valence-corrected chi connectivity index (χ2v) is 13.1. The van der Waals surface area contributed by atoms with E-state index >= 15 is 0 Å². The SMILES string of the molecule is CCCCCC1OC1CC=CCCCCCCCC(=O)NCCNC(=O)CCCCCCCC=CCC1OC1CCCCC. The van der Waals surface area contributed by atoms with Crippen LogP contribution in [0.25, 0.3) is 0 Å². The number of rotatable bonds is 31. The van der Waals surface area contributed by atoms with Crippen molar-refractivity contribution in [3.63, 3.8) is 0 Å². The molecule has 2 heterocycles. The molecule has 0 radical (unpaired) electrons. The van der Waals surface area contributed by atoms with E-state index < -0.39 is 0 Å². The first-order chi connectivity index (χ1) is 21.6. The van der Waals surface area contributed by atoms with Crippen molar-refractivity contribution in [2.75, 3.05) is 13.1 Å². The molecule has 254 valence electrons.